The third-order valence-corrected chi connectivity index (χ3v) is 2.40. The molecule has 0 bridgehead atoms. The van der Waals surface area contributed by atoms with Crippen LogP contribution < -0.4 is 5.73 Å². The number of hydrogen-bond acceptors (Lipinski definition) is 3. The molecule has 1 heterocycles. The Balaban J connectivity index is 0.00000144. The summed E-state index contributed by atoms with van der Waals surface area (Å²) >= 11 is 0. The van der Waals surface area contributed by atoms with Crippen LogP contribution in [0.5, 0.6) is 0 Å². The summed E-state index contributed by atoms with van der Waals surface area (Å²) in [6.45, 7) is 2.67. The highest BCUT2D eigenvalue weighted by Crippen LogP contribution is 2.08. The molecule has 1 aromatic carbocycles. The number of nitrogens with two attached hydrogens (primary N) is 1. The molecule has 0 atom stereocenters. The molecule has 0 saturated carbocycles. The molecule has 4 nitrogen and oxygen atoms in total. The molecule has 0 radical (unpaired) electrons. The van der Waals surface area contributed by atoms with Crippen molar-refractivity contribution in [3.63, 3.8) is 0 Å². The lowest BCUT2D eigenvalue weighted by molar-refractivity contribution is 0.874. The molecule has 17 heavy (non-hydrogen) atoms. The van der Waals surface area contributed by atoms with Gasteiger partial charge in [0.25, 0.3) is 0 Å². The highest BCUT2D eigenvalue weighted by atomic mass is 35.5. The predicted molar refractivity (Wildman–Crippen MR) is 70.4 cm³/mol. The van der Waals surface area contributed by atoms with Crippen LogP contribution in [0.2, 0.25) is 0 Å². The smallest absolute Gasteiger partial charge is 0.151 e. The van der Waals surface area contributed by atoms with Gasteiger partial charge in [0.15, 0.2) is 5.82 Å². The van der Waals surface area contributed by atoms with Gasteiger partial charge in [-0.25, -0.2) is 4.98 Å². The molecule has 0 aliphatic heterocycles. The lowest BCUT2D eigenvalue weighted by Gasteiger charge is -1.98. The zero-order valence-electron chi connectivity index (χ0n) is 9.81. The summed E-state index contributed by atoms with van der Waals surface area (Å²) in [6, 6.07) is 8.40. The second-order valence-corrected chi connectivity index (χ2v) is 3.90. The number of halogens is 1. The van der Waals surface area contributed by atoms with E-state index >= 15 is 0 Å². The molecule has 0 amide bonds. The van der Waals surface area contributed by atoms with Crippen LogP contribution in [0.3, 0.4) is 0 Å². The van der Waals surface area contributed by atoms with Gasteiger partial charge in [0.1, 0.15) is 5.82 Å². The van der Waals surface area contributed by atoms with E-state index in [1.165, 1.54) is 11.1 Å². The van der Waals surface area contributed by atoms with Crippen molar-refractivity contribution in [2.45, 2.75) is 19.8 Å². The van der Waals surface area contributed by atoms with Crippen LogP contribution in [-0.4, -0.2) is 21.7 Å². The molecular formula is C12H17ClN4. The first-order chi connectivity index (χ1) is 7.78. The highest BCUT2D eigenvalue weighted by Gasteiger charge is 2.03. The quantitative estimate of drug-likeness (QED) is 0.869. The van der Waals surface area contributed by atoms with Crippen LogP contribution >= 0.6 is 12.4 Å². The Bertz CT molecular complexity index is 467. The number of benzene rings is 1. The Kier molecular flexibility index (Phi) is 5.12. The van der Waals surface area contributed by atoms with Gasteiger partial charge in [-0.2, -0.15) is 5.10 Å². The summed E-state index contributed by atoms with van der Waals surface area (Å²) < 4.78 is 0. The first-order valence-electron chi connectivity index (χ1n) is 5.43. The first-order valence-corrected chi connectivity index (χ1v) is 5.43. The average molecular weight is 253 g/mol. The Morgan fingerprint density at radius 2 is 2.18 bits per heavy atom. The van der Waals surface area contributed by atoms with Crippen LogP contribution in [0.4, 0.5) is 0 Å². The maximum absolute atomic E-state index is 5.45. The van der Waals surface area contributed by atoms with Crippen molar-refractivity contribution in [3.8, 4) is 0 Å². The number of nitrogens with zero attached hydrogens (tertiary/aromatic N) is 2. The molecule has 0 spiro atoms. The maximum Gasteiger partial charge on any atom is 0.151 e. The molecule has 0 fully saturated rings. The molecular weight excluding hydrogens is 236 g/mol. The summed E-state index contributed by atoms with van der Waals surface area (Å²) in [7, 11) is 0. The molecule has 0 saturated heterocycles. The monoisotopic (exact) mass is 252 g/mol. The van der Waals surface area contributed by atoms with Crippen LogP contribution in [0.1, 0.15) is 22.8 Å². The number of rotatable bonds is 4. The zero-order chi connectivity index (χ0) is 11.4. The third-order valence-electron chi connectivity index (χ3n) is 2.40. The normalized spacial score (nSPS) is 10.0. The largest absolute Gasteiger partial charge is 0.330 e. The molecule has 5 heteroatoms. The molecule has 0 aliphatic carbocycles. The second-order valence-electron chi connectivity index (χ2n) is 3.90. The number of nitrogens with one attached hydrogen (secondary N) is 1. The van der Waals surface area contributed by atoms with Gasteiger partial charge in [0.2, 0.25) is 0 Å². The Labute approximate surface area is 107 Å². The van der Waals surface area contributed by atoms with Crippen molar-refractivity contribution >= 4 is 12.4 Å². The van der Waals surface area contributed by atoms with Crippen molar-refractivity contribution < 1.29 is 0 Å². The van der Waals surface area contributed by atoms with E-state index in [2.05, 4.69) is 46.4 Å². The Morgan fingerprint density at radius 1 is 1.35 bits per heavy atom. The maximum atomic E-state index is 5.45. The fourth-order valence-corrected chi connectivity index (χ4v) is 1.67. The SMILES string of the molecule is Cc1cccc(Cc2nc(CCN)n[nH]2)c1.Cl. The number of aromatic nitrogens is 3. The summed E-state index contributed by atoms with van der Waals surface area (Å²) in [6.07, 6.45) is 1.52. The average Bonchev–Trinajstić information content (AvgIpc) is 2.66. The van der Waals surface area contributed by atoms with E-state index in [9.17, 15) is 0 Å². The minimum absolute atomic E-state index is 0. The van der Waals surface area contributed by atoms with Gasteiger partial charge in [-0.1, -0.05) is 29.8 Å². The van der Waals surface area contributed by atoms with Gasteiger partial charge in [0.05, 0.1) is 0 Å². The summed E-state index contributed by atoms with van der Waals surface area (Å²) in [5.74, 6) is 1.69. The van der Waals surface area contributed by atoms with Crippen LogP contribution in [0, 0.1) is 6.92 Å². The minimum atomic E-state index is 0. The highest BCUT2D eigenvalue weighted by molar-refractivity contribution is 5.85. The van der Waals surface area contributed by atoms with Crippen molar-refractivity contribution in [2.75, 3.05) is 6.54 Å². The Hall–Kier alpha value is -1.39. The van der Waals surface area contributed by atoms with E-state index in [1.807, 2.05) is 0 Å². The Morgan fingerprint density at radius 3 is 2.88 bits per heavy atom. The van der Waals surface area contributed by atoms with Gasteiger partial charge >= 0.3 is 0 Å². The van der Waals surface area contributed by atoms with E-state index in [1.54, 1.807) is 0 Å². The van der Waals surface area contributed by atoms with Gasteiger partial charge in [-0.15, -0.1) is 12.4 Å². The number of aryl methyl sites for hydroxylation is 1. The van der Waals surface area contributed by atoms with Crippen molar-refractivity contribution in [1.29, 1.82) is 0 Å². The minimum Gasteiger partial charge on any atom is -0.330 e. The zero-order valence-corrected chi connectivity index (χ0v) is 10.6. The molecule has 3 N–H and O–H groups in total. The summed E-state index contributed by atoms with van der Waals surface area (Å²) in [5.41, 5.74) is 7.96. The molecule has 2 aromatic rings. The van der Waals surface area contributed by atoms with E-state index in [-0.39, 0.29) is 12.4 Å². The lowest BCUT2D eigenvalue weighted by atomic mass is 10.1. The molecule has 92 valence electrons. The van der Waals surface area contributed by atoms with Crippen molar-refractivity contribution in [1.82, 2.24) is 15.2 Å². The molecule has 0 unspecified atom stereocenters. The summed E-state index contributed by atoms with van der Waals surface area (Å²) in [5, 5.41) is 7.05. The van der Waals surface area contributed by atoms with Crippen LogP contribution in [0.15, 0.2) is 24.3 Å². The topological polar surface area (TPSA) is 67.6 Å². The number of aromatic amines is 1. The predicted octanol–water partition coefficient (Wildman–Crippen LogP) is 1.63. The fourth-order valence-electron chi connectivity index (χ4n) is 1.67. The molecule has 0 aliphatic rings. The van der Waals surface area contributed by atoms with E-state index in [4.69, 9.17) is 5.73 Å². The van der Waals surface area contributed by atoms with Gasteiger partial charge in [-0.05, 0) is 19.0 Å². The standard InChI is InChI=1S/C12H16N4.ClH/c1-9-3-2-4-10(7-9)8-12-14-11(5-6-13)15-16-12;/h2-4,7H,5-6,8,13H2,1H3,(H,14,15,16);1H. The van der Waals surface area contributed by atoms with Crippen LogP contribution in [-0.2, 0) is 12.8 Å². The van der Waals surface area contributed by atoms with Gasteiger partial charge < -0.3 is 5.73 Å². The molecule has 1 aromatic heterocycles. The summed E-state index contributed by atoms with van der Waals surface area (Å²) in [4.78, 5) is 4.38. The first kappa shape index (κ1) is 13.7. The van der Waals surface area contributed by atoms with Crippen LogP contribution in [0.25, 0.3) is 0 Å². The fraction of sp³-hybridized carbons (Fsp3) is 0.333. The van der Waals surface area contributed by atoms with Crippen molar-refractivity contribution in [3.05, 3.63) is 47.0 Å². The van der Waals surface area contributed by atoms with E-state index < -0.39 is 0 Å². The van der Waals surface area contributed by atoms with Gasteiger partial charge in [-0.3, -0.25) is 5.10 Å². The van der Waals surface area contributed by atoms with E-state index in [0.717, 1.165) is 24.5 Å². The third kappa shape index (κ3) is 3.84. The second kappa shape index (κ2) is 6.37. The number of H-pyrrole nitrogens is 1. The number of hydrogen-bond donors (Lipinski definition) is 2. The molecule has 2 rings (SSSR count). The van der Waals surface area contributed by atoms with Gasteiger partial charge in [0, 0.05) is 12.8 Å². The van der Waals surface area contributed by atoms with Crippen molar-refractivity contribution in [2.24, 2.45) is 5.73 Å². The van der Waals surface area contributed by atoms with E-state index in [0.29, 0.717) is 6.54 Å². The lowest BCUT2D eigenvalue weighted by Crippen LogP contribution is -2.04.